The van der Waals surface area contributed by atoms with Crippen molar-refractivity contribution in [2.24, 2.45) is 0 Å². The van der Waals surface area contributed by atoms with Gasteiger partial charge in [-0.3, -0.25) is 4.79 Å². The zero-order chi connectivity index (χ0) is 21.7. The fourth-order valence-corrected chi connectivity index (χ4v) is 4.02. The Labute approximate surface area is 179 Å². The molecular weight excluding hydrogens is 394 g/mol. The highest BCUT2D eigenvalue weighted by Gasteiger charge is 2.31. The maximum absolute atomic E-state index is 12.9. The minimum atomic E-state index is -0.489. The van der Waals surface area contributed by atoms with Crippen LogP contribution in [0.15, 0.2) is 36.8 Å². The van der Waals surface area contributed by atoms with Crippen molar-refractivity contribution in [3.8, 4) is 11.3 Å². The molecule has 9 heteroatoms. The maximum Gasteiger partial charge on any atom is 0.257 e. The van der Waals surface area contributed by atoms with Crippen LogP contribution < -0.4 is 10.6 Å². The van der Waals surface area contributed by atoms with Crippen molar-refractivity contribution < 1.29 is 9.90 Å². The lowest BCUT2D eigenvalue weighted by molar-refractivity contribution is 0.0448. The van der Waals surface area contributed by atoms with E-state index < -0.39 is 6.10 Å². The second-order valence-electron chi connectivity index (χ2n) is 8.21. The summed E-state index contributed by atoms with van der Waals surface area (Å²) >= 11 is 0. The van der Waals surface area contributed by atoms with Gasteiger partial charge in [0.2, 0.25) is 0 Å². The lowest BCUT2D eigenvalue weighted by atomic mass is 9.89. The normalized spacial score (nSPS) is 18.5. The fraction of sp³-hybridized carbons (Fsp3) is 0.364. The standard InChI is InChI=1S/C22H25N7O2/c1-12(2)28-11-15(13-5-4-8-24-20(13)28)17-9-19(23-3)29-21(26-17)14(10-25-29)22(31)27-16-6-7-18(16)30/h4-5,8-12,16,18,23,30H,6-7H2,1-3H3,(H,27,31)/t16-,18-/m1/s1. The zero-order valence-electron chi connectivity index (χ0n) is 17.7. The van der Waals surface area contributed by atoms with E-state index in [-0.39, 0.29) is 18.0 Å². The van der Waals surface area contributed by atoms with E-state index in [9.17, 15) is 9.90 Å². The first-order chi connectivity index (χ1) is 15.0. The second kappa shape index (κ2) is 7.35. The molecule has 1 aliphatic carbocycles. The number of aliphatic hydroxyl groups excluding tert-OH is 1. The number of aromatic nitrogens is 5. The van der Waals surface area contributed by atoms with Crippen molar-refractivity contribution in [3.05, 3.63) is 42.4 Å². The number of anilines is 1. The van der Waals surface area contributed by atoms with Gasteiger partial charge in [0.05, 0.1) is 24.0 Å². The summed E-state index contributed by atoms with van der Waals surface area (Å²) in [7, 11) is 1.81. The van der Waals surface area contributed by atoms with Gasteiger partial charge in [0, 0.05) is 42.5 Å². The number of nitrogens with one attached hydrogen (secondary N) is 2. The van der Waals surface area contributed by atoms with E-state index in [4.69, 9.17) is 4.98 Å². The third kappa shape index (κ3) is 3.12. The van der Waals surface area contributed by atoms with E-state index >= 15 is 0 Å². The van der Waals surface area contributed by atoms with E-state index in [2.05, 4.69) is 45.3 Å². The van der Waals surface area contributed by atoms with Gasteiger partial charge in [-0.2, -0.15) is 9.61 Å². The van der Waals surface area contributed by atoms with Crippen molar-refractivity contribution in [2.75, 3.05) is 12.4 Å². The SMILES string of the molecule is CNc1cc(-c2cn(C(C)C)c3ncccc23)nc2c(C(=O)N[C@@H]3CC[C@H]3O)cnn12. The molecule has 1 aliphatic rings. The lowest BCUT2D eigenvalue weighted by Gasteiger charge is -2.32. The summed E-state index contributed by atoms with van der Waals surface area (Å²) in [6.07, 6.45) is 6.36. The first kappa shape index (κ1) is 19.5. The summed E-state index contributed by atoms with van der Waals surface area (Å²) in [5.41, 5.74) is 3.40. The number of fused-ring (bicyclic) bond motifs is 2. The molecule has 1 saturated carbocycles. The van der Waals surface area contributed by atoms with Crippen LogP contribution in [0.3, 0.4) is 0 Å². The van der Waals surface area contributed by atoms with Crippen LogP contribution in [0.2, 0.25) is 0 Å². The van der Waals surface area contributed by atoms with Gasteiger partial charge in [0.1, 0.15) is 17.0 Å². The molecule has 2 atom stereocenters. The highest BCUT2D eigenvalue weighted by Crippen LogP contribution is 2.32. The molecule has 1 fully saturated rings. The number of hydrogen-bond donors (Lipinski definition) is 3. The van der Waals surface area contributed by atoms with E-state index in [1.165, 1.54) is 6.20 Å². The van der Waals surface area contributed by atoms with Gasteiger partial charge < -0.3 is 20.3 Å². The van der Waals surface area contributed by atoms with Gasteiger partial charge in [-0.05, 0) is 38.8 Å². The van der Waals surface area contributed by atoms with E-state index in [1.807, 2.05) is 25.2 Å². The summed E-state index contributed by atoms with van der Waals surface area (Å²) in [5, 5.41) is 21.2. The lowest BCUT2D eigenvalue weighted by Crippen LogP contribution is -2.50. The Balaban J connectivity index is 1.65. The Hall–Kier alpha value is -3.46. The molecule has 0 aromatic carbocycles. The highest BCUT2D eigenvalue weighted by atomic mass is 16.3. The van der Waals surface area contributed by atoms with Crippen LogP contribution in [0.4, 0.5) is 5.82 Å². The van der Waals surface area contributed by atoms with Crippen LogP contribution >= 0.6 is 0 Å². The smallest absolute Gasteiger partial charge is 0.257 e. The molecular formula is C22H25N7O2. The van der Waals surface area contributed by atoms with E-state index in [1.54, 1.807) is 10.7 Å². The first-order valence-corrected chi connectivity index (χ1v) is 10.5. The molecule has 0 radical (unpaired) electrons. The third-order valence-corrected chi connectivity index (χ3v) is 5.95. The summed E-state index contributed by atoms with van der Waals surface area (Å²) in [4.78, 5) is 22.3. The van der Waals surface area contributed by atoms with E-state index in [0.29, 0.717) is 17.6 Å². The predicted molar refractivity (Wildman–Crippen MR) is 118 cm³/mol. The summed E-state index contributed by atoms with van der Waals surface area (Å²) < 4.78 is 3.74. The van der Waals surface area contributed by atoms with Crippen LogP contribution in [0, 0.1) is 0 Å². The Bertz CT molecular complexity index is 1290. The number of nitrogens with zero attached hydrogens (tertiary/aromatic N) is 5. The molecule has 0 spiro atoms. The molecule has 4 heterocycles. The first-order valence-electron chi connectivity index (χ1n) is 10.5. The minimum absolute atomic E-state index is 0.218. The molecule has 31 heavy (non-hydrogen) atoms. The van der Waals surface area contributed by atoms with Gasteiger partial charge in [-0.15, -0.1) is 0 Å². The van der Waals surface area contributed by atoms with Gasteiger partial charge in [0.25, 0.3) is 5.91 Å². The largest absolute Gasteiger partial charge is 0.391 e. The minimum Gasteiger partial charge on any atom is -0.391 e. The molecule has 0 aliphatic heterocycles. The number of pyridine rings is 1. The van der Waals surface area contributed by atoms with Crippen molar-refractivity contribution in [1.82, 2.24) is 29.5 Å². The Morgan fingerprint density at radius 1 is 1.29 bits per heavy atom. The fourth-order valence-electron chi connectivity index (χ4n) is 4.02. The average Bonchev–Trinajstić information content (AvgIpc) is 3.37. The Morgan fingerprint density at radius 3 is 2.81 bits per heavy atom. The maximum atomic E-state index is 12.9. The quantitative estimate of drug-likeness (QED) is 0.459. The highest BCUT2D eigenvalue weighted by molar-refractivity contribution is 6.01. The van der Waals surface area contributed by atoms with Gasteiger partial charge >= 0.3 is 0 Å². The summed E-state index contributed by atoms with van der Waals surface area (Å²) in [6, 6.07) is 5.89. The molecule has 0 saturated heterocycles. The summed E-state index contributed by atoms with van der Waals surface area (Å²) in [6.45, 7) is 4.23. The molecule has 9 nitrogen and oxygen atoms in total. The zero-order valence-corrected chi connectivity index (χ0v) is 17.7. The number of hydrogen-bond acceptors (Lipinski definition) is 6. The molecule has 4 aromatic heterocycles. The number of aliphatic hydroxyl groups is 1. The Kier molecular flexibility index (Phi) is 4.62. The van der Waals surface area contributed by atoms with Crippen molar-refractivity contribution in [1.29, 1.82) is 0 Å². The Morgan fingerprint density at radius 2 is 2.13 bits per heavy atom. The van der Waals surface area contributed by atoms with Crippen molar-refractivity contribution in [2.45, 2.75) is 44.9 Å². The van der Waals surface area contributed by atoms with Gasteiger partial charge in [-0.25, -0.2) is 9.97 Å². The van der Waals surface area contributed by atoms with Crippen LogP contribution in [0.5, 0.6) is 0 Å². The van der Waals surface area contributed by atoms with Crippen LogP contribution in [0.25, 0.3) is 27.9 Å². The van der Waals surface area contributed by atoms with Crippen LogP contribution in [-0.2, 0) is 0 Å². The number of rotatable bonds is 5. The van der Waals surface area contributed by atoms with Crippen molar-refractivity contribution in [3.63, 3.8) is 0 Å². The predicted octanol–water partition coefficient (Wildman–Crippen LogP) is 2.62. The monoisotopic (exact) mass is 419 g/mol. The number of carbonyl (C=O) groups is 1. The third-order valence-electron chi connectivity index (χ3n) is 5.95. The molecule has 1 amide bonds. The molecule has 0 bridgehead atoms. The number of carbonyl (C=O) groups excluding carboxylic acids is 1. The molecule has 3 N–H and O–H groups in total. The van der Waals surface area contributed by atoms with Crippen LogP contribution in [0.1, 0.15) is 43.1 Å². The van der Waals surface area contributed by atoms with Gasteiger partial charge in [-0.1, -0.05) is 0 Å². The molecule has 160 valence electrons. The molecule has 5 rings (SSSR count). The van der Waals surface area contributed by atoms with Crippen LogP contribution in [-0.4, -0.2) is 54.4 Å². The van der Waals surface area contributed by atoms with Gasteiger partial charge in [0.15, 0.2) is 5.65 Å². The van der Waals surface area contributed by atoms with Crippen molar-refractivity contribution >= 4 is 28.4 Å². The second-order valence-corrected chi connectivity index (χ2v) is 8.21. The molecule has 4 aromatic rings. The number of amides is 1. The summed E-state index contributed by atoms with van der Waals surface area (Å²) in [5.74, 6) is 0.439. The van der Waals surface area contributed by atoms with E-state index in [0.717, 1.165) is 34.5 Å². The molecule has 0 unspecified atom stereocenters. The topological polar surface area (TPSA) is 109 Å². The average molecular weight is 419 g/mol.